The molecule has 10 heteroatoms. The van der Waals surface area contributed by atoms with Gasteiger partial charge in [0, 0.05) is 18.6 Å². The molecule has 0 amide bonds. The van der Waals surface area contributed by atoms with Crippen molar-refractivity contribution in [3.63, 3.8) is 0 Å². The topological polar surface area (TPSA) is 135 Å². The minimum absolute atomic E-state index is 0.229. The molecule has 150 valence electrons. The molecule has 4 aromatic rings. The maximum Gasteiger partial charge on any atom is 0.325 e. The van der Waals surface area contributed by atoms with Crippen LogP contribution in [0.15, 0.2) is 67.1 Å². The number of rotatable bonds is 6. The van der Waals surface area contributed by atoms with E-state index in [0.717, 1.165) is 0 Å². The standard InChI is InChI=1S/C20H17N6O3P/c27-30(28,29)12-9-14-7-8-17(23-13-14)20-25-18(15-5-1-3-10-21-15)24-19(26-20)16-6-2-4-11-22-16/h1-8,10-11,13H,9,12H2,(H2,27,28,29). The zero-order valence-electron chi connectivity index (χ0n) is 15.7. The fraction of sp³-hybridized carbons (Fsp3) is 0.100. The molecule has 30 heavy (non-hydrogen) atoms. The Morgan fingerprint density at radius 2 is 1.23 bits per heavy atom. The highest BCUT2D eigenvalue weighted by molar-refractivity contribution is 7.51. The van der Waals surface area contributed by atoms with Gasteiger partial charge in [0.15, 0.2) is 17.5 Å². The first-order valence-electron chi connectivity index (χ1n) is 9.07. The van der Waals surface area contributed by atoms with Crippen LogP contribution in [0.4, 0.5) is 0 Å². The van der Waals surface area contributed by atoms with E-state index in [1.54, 1.807) is 42.9 Å². The molecule has 4 heterocycles. The van der Waals surface area contributed by atoms with Crippen molar-refractivity contribution >= 4 is 7.60 Å². The molecular weight excluding hydrogens is 403 g/mol. The smallest absolute Gasteiger partial charge is 0.324 e. The summed E-state index contributed by atoms with van der Waals surface area (Å²) in [5.41, 5.74) is 2.41. The van der Waals surface area contributed by atoms with Crippen molar-refractivity contribution in [2.75, 3.05) is 6.16 Å². The lowest BCUT2D eigenvalue weighted by molar-refractivity contribution is 0.373. The van der Waals surface area contributed by atoms with Gasteiger partial charge in [-0.3, -0.25) is 19.5 Å². The second kappa shape index (κ2) is 8.54. The van der Waals surface area contributed by atoms with Gasteiger partial charge in [0.2, 0.25) is 0 Å². The van der Waals surface area contributed by atoms with Crippen LogP contribution in [-0.4, -0.2) is 45.9 Å². The van der Waals surface area contributed by atoms with Crippen LogP contribution in [0.5, 0.6) is 0 Å². The Morgan fingerprint density at radius 1 is 0.700 bits per heavy atom. The molecule has 0 atom stereocenters. The maximum absolute atomic E-state index is 11.1. The summed E-state index contributed by atoms with van der Waals surface area (Å²) in [6.45, 7) is 0. The fourth-order valence-electron chi connectivity index (χ4n) is 2.69. The molecule has 0 aliphatic heterocycles. The van der Waals surface area contributed by atoms with Crippen LogP contribution >= 0.6 is 7.60 Å². The van der Waals surface area contributed by atoms with E-state index in [4.69, 9.17) is 9.79 Å². The summed E-state index contributed by atoms with van der Waals surface area (Å²) in [7, 11) is -4.06. The minimum atomic E-state index is -4.06. The molecule has 0 radical (unpaired) electrons. The van der Waals surface area contributed by atoms with Crippen LogP contribution in [0, 0.1) is 0 Å². The van der Waals surface area contributed by atoms with Crippen LogP contribution in [0.2, 0.25) is 0 Å². The van der Waals surface area contributed by atoms with Gasteiger partial charge in [0.1, 0.15) is 17.1 Å². The van der Waals surface area contributed by atoms with Gasteiger partial charge < -0.3 is 9.79 Å². The first kappa shape index (κ1) is 19.9. The summed E-state index contributed by atoms with van der Waals surface area (Å²) in [6.07, 6.45) is 4.89. The van der Waals surface area contributed by atoms with E-state index in [0.29, 0.717) is 40.1 Å². The third-order valence-electron chi connectivity index (χ3n) is 4.17. The van der Waals surface area contributed by atoms with Gasteiger partial charge in [0.05, 0.1) is 6.16 Å². The summed E-state index contributed by atoms with van der Waals surface area (Å²) in [4.78, 5) is 44.6. The minimum Gasteiger partial charge on any atom is -0.324 e. The highest BCUT2D eigenvalue weighted by Crippen LogP contribution is 2.34. The van der Waals surface area contributed by atoms with Crippen LogP contribution in [0.1, 0.15) is 5.56 Å². The summed E-state index contributed by atoms with van der Waals surface area (Å²) in [6, 6.07) is 14.4. The molecule has 0 fully saturated rings. The number of hydrogen-bond donors (Lipinski definition) is 2. The summed E-state index contributed by atoms with van der Waals surface area (Å²) >= 11 is 0. The Labute approximate surface area is 172 Å². The average Bonchev–Trinajstić information content (AvgIpc) is 2.78. The fourth-order valence-corrected chi connectivity index (χ4v) is 3.24. The van der Waals surface area contributed by atoms with Crippen molar-refractivity contribution in [1.82, 2.24) is 29.9 Å². The predicted octanol–water partition coefficient (Wildman–Crippen LogP) is 2.78. The SMILES string of the molecule is O=P(O)(O)CCc1ccc(-c2nc(-c3ccccn3)nc(-c3ccccn3)n2)nc1. The molecule has 4 rings (SSSR count). The third kappa shape index (κ3) is 4.96. The van der Waals surface area contributed by atoms with Crippen LogP contribution in [-0.2, 0) is 11.0 Å². The molecule has 4 aromatic heterocycles. The predicted molar refractivity (Wildman–Crippen MR) is 110 cm³/mol. The molecule has 0 saturated heterocycles. The number of aryl methyl sites for hydroxylation is 1. The Morgan fingerprint density at radius 3 is 1.63 bits per heavy atom. The van der Waals surface area contributed by atoms with E-state index in [-0.39, 0.29) is 12.6 Å². The summed E-state index contributed by atoms with van der Waals surface area (Å²) < 4.78 is 11.1. The van der Waals surface area contributed by atoms with Crippen LogP contribution < -0.4 is 0 Å². The number of aromatic nitrogens is 6. The molecule has 0 unspecified atom stereocenters. The molecule has 2 N–H and O–H groups in total. The zero-order chi connectivity index (χ0) is 21.0. The lowest BCUT2D eigenvalue weighted by Gasteiger charge is -2.08. The van der Waals surface area contributed by atoms with Crippen LogP contribution in [0.3, 0.4) is 0 Å². The van der Waals surface area contributed by atoms with Crippen molar-refractivity contribution in [3.05, 3.63) is 72.7 Å². The van der Waals surface area contributed by atoms with Gasteiger partial charge in [-0.25, -0.2) is 15.0 Å². The first-order valence-corrected chi connectivity index (χ1v) is 10.9. The van der Waals surface area contributed by atoms with E-state index in [9.17, 15) is 4.57 Å². The Bertz CT molecular complexity index is 1130. The monoisotopic (exact) mass is 420 g/mol. The third-order valence-corrected chi connectivity index (χ3v) is 4.98. The van der Waals surface area contributed by atoms with Gasteiger partial charge in [-0.05, 0) is 42.3 Å². The Kier molecular flexibility index (Phi) is 5.67. The molecule has 9 nitrogen and oxygen atoms in total. The second-order valence-electron chi connectivity index (χ2n) is 6.43. The molecule has 0 spiro atoms. The first-order chi connectivity index (χ1) is 14.5. The van der Waals surface area contributed by atoms with Gasteiger partial charge >= 0.3 is 7.60 Å². The van der Waals surface area contributed by atoms with Crippen molar-refractivity contribution in [2.24, 2.45) is 0 Å². The summed E-state index contributed by atoms with van der Waals surface area (Å²) in [5, 5.41) is 0. The van der Waals surface area contributed by atoms with Gasteiger partial charge in [-0.2, -0.15) is 0 Å². The quantitative estimate of drug-likeness (QED) is 0.451. The summed E-state index contributed by atoms with van der Waals surface area (Å²) in [5.74, 6) is 1.15. The Hall–Kier alpha value is -3.39. The second-order valence-corrected chi connectivity index (χ2v) is 8.20. The van der Waals surface area contributed by atoms with E-state index in [1.165, 1.54) is 0 Å². The van der Waals surface area contributed by atoms with E-state index in [1.807, 2.05) is 24.3 Å². The van der Waals surface area contributed by atoms with Crippen molar-refractivity contribution < 1.29 is 14.4 Å². The zero-order valence-corrected chi connectivity index (χ0v) is 16.6. The molecule has 0 aromatic carbocycles. The number of pyridine rings is 3. The molecule has 0 saturated carbocycles. The van der Waals surface area contributed by atoms with Gasteiger partial charge in [-0.1, -0.05) is 18.2 Å². The van der Waals surface area contributed by atoms with E-state index in [2.05, 4.69) is 29.9 Å². The molecule has 0 aliphatic rings. The highest BCUT2D eigenvalue weighted by atomic mass is 31.2. The lowest BCUT2D eigenvalue weighted by atomic mass is 10.2. The number of nitrogens with zero attached hydrogens (tertiary/aromatic N) is 6. The normalized spacial score (nSPS) is 11.4. The maximum atomic E-state index is 11.1. The van der Waals surface area contributed by atoms with E-state index >= 15 is 0 Å². The Balaban J connectivity index is 1.73. The molecule has 0 bridgehead atoms. The van der Waals surface area contributed by atoms with Gasteiger partial charge in [0.25, 0.3) is 0 Å². The lowest BCUT2D eigenvalue weighted by Crippen LogP contribution is -2.03. The van der Waals surface area contributed by atoms with Gasteiger partial charge in [-0.15, -0.1) is 0 Å². The van der Waals surface area contributed by atoms with Crippen molar-refractivity contribution in [2.45, 2.75) is 6.42 Å². The van der Waals surface area contributed by atoms with Crippen molar-refractivity contribution in [1.29, 1.82) is 0 Å². The van der Waals surface area contributed by atoms with Crippen molar-refractivity contribution in [3.8, 4) is 34.6 Å². The highest BCUT2D eigenvalue weighted by Gasteiger charge is 2.15. The largest absolute Gasteiger partial charge is 0.325 e. The van der Waals surface area contributed by atoms with Crippen LogP contribution in [0.25, 0.3) is 34.6 Å². The molecule has 0 aliphatic carbocycles. The van der Waals surface area contributed by atoms with E-state index < -0.39 is 7.60 Å². The number of hydrogen-bond acceptors (Lipinski definition) is 7. The average molecular weight is 420 g/mol. The molecular formula is C20H17N6O3P.